The van der Waals surface area contributed by atoms with Crippen molar-refractivity contribution in [3.05, 3.63) is 47.5 Å². The Morgan fingerprint density at radius 1 is 1.09 bits per heavy atom. The van der Waals surface area contributed by atoms with Crippen LogP contribution in [0.5, 0.6) is 0 Å². The Kier molecular flexibility index (Phi) is 9.93. The molecule has 35 heavy (non-hydrogen) atoms. The van der Waals surface area contributed by atoms with Crippen LogP contribution >= 0.6 is 0 Å². The molecule has 6 nitrogen and oxygen atoms in total. The van der Waals surface area contributed by atoms with E-state index in [-0.39, 0.29) is 30.3 Å². The number of benzene rings is 1. The van der Waals surface area contributed by atoms with E-state index in [0.717, 1.165) is 31.5 Å². The second-order valence-electron chi connectivity index (χ2n) is 10.3. The Labute approximate surface area is 209 Å². The standard InChI is InChI=1S/C29H41NO5/c31-26-20-27(35-21-22-12-14-24(15-13-22)23-8-4-3-5-9-23)25(10-6-1-2-7-11-28(32)33)29(26)30-16-18-34-19-17-30/h1,6,12-15,23,25,27,29H,2-5,7-11,16-21H2,(H,32,33)/t25-,27-,29+/m0/s1. The van der Waals surface area contributed by atoms with E-state index in [2.05, 4.69) is 41.3 Å². The number of allylic oxidation sites excluding steroid dienone is 2. The first-order chi connectivity index (χ1) is 17.1. The van der Waals surface area contributed by atoms with Gasteiger partial charge in [0.15, 0.2) is 5.78 Å². The molecule has 1 aliphatic heterocycles. The van der Waals surface area contributed by atoms with Gasteiger partial charge >= 0.3 is 5.97 Å². The number of rotatable bonds is 11. The van der Waals surface area contributed by atoms with Gasteiger partial charge in [-0.05, 0) is 49.1 Å². The number of hydrogen-bond donors (Lipinski definition) is 1. The topological polar surface area (TPSA) is 76.1 Å². The maximum absolute atomic E-state index is 13.1. The van der Waals surface area contributed by atoms with Crippen LogP contribution in [-0.4, -0.2) is 60.2 Å². The maximum atomic E-state index is 13.1. The largest absolute Gasteiger partial charge is 0.481 e. The first kappa shape index (κ1) is 26.1. The van der Waals surface area contributed by atoms with E-state index < -0.39 is 5.97 Å². The summed E-state index contributed by atoms with van der Waals surface area (Å²) in [6, 6.07) is 8.79. The number of aliphatic carboxylic acids is 1. The quantitative estimate of drug-likeness (QED) is 0.348. The average molecular weight is 484 g/mol. The lowest BCUT2D eigenvalue weighted by atomic mass is 9.84. The van der Waals surface area contributed by atoms with Crippen LogP contribution in [0.1, 0.15) is 81.3 Å². The molecule has 0 bridgehead atoms. The Balaban J connectivity index is 1.36. The zero-order chi connectivity index (χ0) is 24.5. The summed E-state index contributed by atoms with van der Waals surface area (Å²) in [4.78, 5) is 26.1. The van der Waals surface area contributed by atoms with Crippen molar-refractivity contribution in [2.24, 2.45) is 5.92 Å². The van der Waals surface area contributed by atoms with Gasteiger partial charge in [0.25, 0.3) is 0 Å². The van der Waals surface area contributed by atoms with Crippen LogP contribution in [0.2, 0.25) is 0 Å². The van der Waals surface area contributed by atoms with Crippen LogP contribution in [0.15, 0.2) is 36.4 Å². The van der Waals surface area contributed by atoms with E-state index >= 15 is 0 Å². The fourth-order valence-corrected chi connectivity index (χ4v) is 5.97. The Hall–Kier alpha value is -2.02. The number of carbonyl (C=O) groups excluding carboxylic acids is 1. The fraction of sp³-hybridized carbons (Fsp3) is 0.655. The van der Waals surface area contributed by atoms with E-state index in [1.54, 1.807) is 0 Å². The monoisotopic (exact) mass is 483 g/mol. The summed E-state index contributed by atoms with van der Waals surface area (Å²) in [5, 5.41) is 8.83. The number of morpholine rings is 1. The van der Waals surface area contributed by atoms with Gasteiger partial charge in [-0.25, -0.2) is 0 Å². The van der Waals surface area contributed by atoms with Crippen LogP contribution in [0.25, 0.3) is 0 Å². The first-order valence-electron chi connectivity index (χ1n) is 13.5. The van der Waals surface area contributed by atoms with Gasteiger partial charge in [0.1, 0.15) is 0 Å². The molecule has 1 heterocycles. The fourth-order valence-electron chi connectivity index (χ4n) is 5.97. The number of carboxylic acids is 1. The van der Waals surface area contributed by atoms with Crippen LogP contribution in [0.3, 0.4) is 0 Å². The second kappa shape index (κ2) is 13.3. The Morgan fingerprint density at radius 2 is 1.83 bits per heavy atom. The van der Waals surface area contributed by atoms with Crippen molar-refractivity contribution in [1.82, 2.24) is 4.90 Å². The van der Waals surface area contributed by atoms with Crippen molar-refractivity contribution in [1.29, 1.82) is 0 Å². The molecule has 1 aromatic rings. The molecule has 192 valence electrons. The first-order valence-corrected chi connectivity index (χ1v) is 13.5. The van der Waals surface area contributed by atoms with Crippen molar-refractivity contribution in [2.45, 2.75) is 88.9 Å². The number of Topliss-reactive ketones (excluding diaryl/α,β-unsaturated/α-hetero) is 1. The Bertz CT molecular complexity index is 839. The third-order valence-electron chi connectivity index (χ3n) is 7.91. The molecule has 4 rings (SSSR count). The summed E-state index contributed by atoms with van der Waals surface area (Å²) < 4.78 is 11.9. The molecule has 0 spiro atoms. The van der Waals surface area contributed by atoms with E-state index in [9.17, 15) is 9.59 Å². The number of ether oxygens (including phenoxy) is 2. The molecule has 2 aliphatic carbocycles. The molecule has 0 amide bonds. The number of ketones is 1. The second-order valence-corrected chi connectivity index (χ2v) is 10.3. The van der Waals surface area contributed by atoms with Crippen molar-refractivity contribution < 1.29 is 24.2 Å². The number of carboxylic acid groups (broad SMARTS) is 1. The minimum atomic E-state index is -0.757. The number of nitrogens with zero attached hydrogens (tertiary/aromatic N) is 1. The zero-order valence-electron chi connectivity index (χ0n) is 20.9. The lowest BCUT2D eigenvalue weighted by Crippen LogP contribution is -2.49. The lowest BCUT2D eigenvalue weighted by Gasteiger charge is -2.35. The molecule has 0 radical (unpaired) electrons. The van der Waals surface area contributed by atoms with Crippen LogP contribution in [0, 0.1) is 5.92 Å². The minimum absolute atomic E-state index is 0.1000. The zero-order valence-corrected chi connectivity index (χ0v) is 20.9. The van der Waals surface area contributed by atoms with Crippen molar-refractivity contribution in [3.63, 3.8) is 0 Å². The molecule has 1 aromatic carbocycles. The summed E-state index contributed by atoms with van der Waals surface area (Å²) in [5.74, 6) is 0.325. The molecule has 3 aliphatic rings. The summed E-state index contributed by atoms with van der Waals surface area (Å²) in [7, 11) is 0. The molecule has 0 aromatic heterocycles. The van der Waals surface area contributed by atoms with Gasteiger partial charge in [0.2, 0.25) is 0 Å². The van der Waals surface area contributed by atoms with Gasteiger partial charge in [0, 0.05) is 31.8 Å². The van der Waals surface area contributed by atoms with Crippen LogP contribution in [0.4, 0.5) is 0 Å². The highest BCUT2D eigenvalue weighted by Gasteiger charge is 2.45. The van der Waals surface area contributed by atoms with Gasteiger partial charge in [-0.2, -0.15) is 0 Å². The highest BCUT2D eigenvalue weighted by molar-refractivity contribution is 5.87. The number of hydrogen-bond acceptors (Lipinski definition) is 5. The van der Waals surface area contributed by atoms with Crippen molar-refractivity contribution >= 4 is 11.8 Å². The molecule has 3 atom stereocenters. The SMILES string of the molecule is O=C(O)CCCC=CC[C@H]1[C@@H](OCc2ccc(C3CCCCC3)cc2)CC(=O)[C@@H]1N1CCOCC1. The third kappa shape index (κ3) is 7.48. The van der Waals surface area contributed by atoms with Gasteiger partial charge in [-0.15, -0.1) is 0 Å². The third-order valence-corrected chi connectivity index (χ3v) is 7.91. The van der Waals surface area contributed by atoms with E-state index in [4.69, 9.17) is 14.6 Å². The molecular formula is C29H41NO5. The van der Waals surface area contributed by atoms with Gasteiger partial charge in [-0.1, -0.05) is 55.7 Å². The van der Waals surface area contributed by atoms with Gasteiger partial charge in [0.05, 0.1) is 32.0 Å². The molecule has 2 saturated carbocycles. The molecule has 3 fully saturated rings. The summed E-state index contributed by atoms with van der Waals surface area (Å²) >= 11 is 0. The van der Waals surface area contributed by atoms with Crippen molar-refractivity contribution in [2.75, 3.05) is 26.3 Å². The smallest absolute Gasteiger partial charge is 0.303 e. The predicted molar refractivity (Wildman–Crippen MR) is 135 cm³/mol. The van der Waals surface area contributed by atoms with E-state index in [1.807, 2.05) is 0 Å². The minimum Gasteiger partial charge on any atom is -0.481 e. The molecule has 6 heteroatoms. The highest BCUT2D eigenvalue weighted by atomic mass is 16.5. The molecule has 1 N–H and O–H groups in total. The number of unbranched alkanes of at least 4 members (excludes halogenated alkanes) is 1. The van der Waals surface area contributed by atoms with Crippen molar-refractivity contribution in [3.8, 4) is 0 Å². The molecule has 0 unspecified atom stereocenters. The van der Waals surface area contributed by atoms with Crippen LogP contribution in [-0.2, 0) is 25.7 Å². The average Bonchev–Trinajstić information content (AvgIpc) is 3.20. The summed E-state index contributed by atoms with van der Waals surface area (Å²) in [6.07, 6.45) is 13.5. The van der Waals surface area contributed by atoms with E-state index in [0.29, 0.717) is 38.6 Å². The molecular weight excluding hydrogens is 442 g/mol. The maximum Gasteiger partial charge on any atom is 0.303 e. The lowest BCUT2D eigenvalue weighted by molar-refractivity contribution is -0.137. The van der Waals surface area contributed by atoms with Gasteiger partial charge in [-0.3, -0.25) is 14.5 Å². The normalized spacial score (nSPS) is 26.5. The van der Waals surface area contributed by atoms with Gasteiger partial charge < -0.3 is 14.6 Å². The summed E-state index contributed by atoms with van der Waals surface area (Å²) in [5.41, 5.74) is 2.61. The Morgan fingerprint density at radius 3 is 2.54 bits per heavy atom. The predicted octanol–water partition coefficient (Wildman–Crippen LogP) is 5.11. The highest BCUT2D eigenvalue weighted by Crippen LogP contribution is 2.35. The molecule has 1 saturated heterocycles. The van der Waals surface area contributed by atoms with E-state index in [1.165, 1.54) is 37.7 Å². The summed E-state index contributed by atoms with van der Waals surface area (Å²) in [6.45, 7) is 3.42. The number of carbonyl (C=O) groups is 2. The van der Waals surface area contributed by atoms with Crippen LogP contribution < -0.4 is 0 Å².